The number of anilines is 2. The SMILES string of the molecule is Nc1c(NCCc2ccccc2)c(=O)c1=O. The zero-order valence-electron chi connectivity index (χ0n) is 8.69. The van der Waals surface area contributed by atoms with Crippen molar-refractivity contribution in [1.29, 1.82) is 0 Å². The average Bonchev–Trinajstić information content (AvgIpc) is 2.34. The lowest BCUT2D eigenvalue weighted by molar-refractivity contribution is 1.01. The van der Waals surface area contributed by atoms with Gasteiger partial charge in [0.1, 0.15) is 11.4 Å². The highest BCUT2D eigenvalue weighted by atomic mass is 16.2. The maximum atomic E-state index is 11.1. The van der Waals surface area contributed by atoms with E-state index >= 15 is 0 Å². The Kier molecular flexibility index (Phi) is 2.72. The number of hydrogen-bond acceptors (Lipinski definition) is 4. The Bertz CT molecular complexity index is 554. The third kappa shape index (κ3) is 1.82. The van der Waals surface area contributed by atoms with E-state index in [0.717, 1.165) is 6.42 Å². The molecule has 0 saturated carbocycles. The molecule has 0 aromatic heterocycles. The van der Waals surface area contributed by atoms with Crippen molar-refractivity contribution in [3.63, 3.8) is 0 Å². The van der Waals surface area contributed by atoms with E-state index in [-0.39, 0.29) is 11.4 Å². The van der Waals surface area contributed by atoms with Gasteiger partial charge in [0.25, 0.3) is 10.9 Å². The van der Waals surface area contributed by atoms with E-state index < -0.39 is 10.9 Å². The molecule has 0 aliphatic heterocycles. The highest BCUT2D eigenvalue weighted by Gasteiger charge is 2.16. The van der Waals surface area contributed by atoms with Crippen LogP contribution in [0, 0.1) is 0 Å². The number of nitrogens with two attached hydrogens (primary N) is 1. The van der Waals surface area contributed by atoms with E-state index in [0.29, 0.717) is 6.54 Å². The maximum Gasteiger partial charge on any atom is 0.253 e. The van der Waals surface area contributed by atoms with Crippen molar-refractivity contribution in [2.45, 2.75) is 6.42 Å². The molecule has 82 valence electrons. The van der Waals surface area contributed by atoms with Crippen molar-refractivity contribution >= 4 is 11.4 Å². The molecule has 16 heavy (non-hydrogen) atoms. The Labute approximate surface area is 92.4 Å². The molecule has 0 aliphatic carbocycles. The summed E-state index contributed by atoms with van der Waals surface area (Å²) in [6, 6.07) is 9.88. The number of rotatable bonds is 4. The molecular formula is C12H12N2O2. The van der Waals surface area contributed by atoms with Gasteiger partial charge in [0.15, 0.2) is 0 Å². The minimum atomic E-state index is -0.581. The largest absolute Gasteiger partial charge is 0.394 e. The highest BCUT2D eigenvalue weighted by molar-refractivity contribution is 5.71. The quantitative estimate of drug-likeness (QED) is 0.731. The van der Waals surface area contributed by atoms with E-state index in [1.165, 1.54) is 5.56 Å². The van der Waals surface area contributed by atoms with Gasteiger partial charge in [0.2, 0.25) is 0 Å². The van der Waals surface area contributed by atoms with Crippen molar-refractivity contribution in [3.8, 4) is 0 Å². The van der Waals surface area contributed by atoms with Gasteiger partial charge < -0.3 is 11.1 Å². The van der Waals surface area contributed by atoms with E-state index in [2.05, 4.69) is 5.32 Å². The number of hydrogen-bond donors (Lipinski definition) is 2. The van der Waals surface area contributed by atoms with Crippen LogP contribution in [0.2, 0.25) is 0 Å². The van der Waals surface area contributed by atoms with Gasteiger partial charge in [-0.25, -0.2) is 0 Å². The standard InChI is InChI=1S/C12H12N2O2/c13-9-10(12(16)11(9)15)14-7-6-8-4-2-1-3-5-8/h1-5,14H,6-7,13H2. The maximum absolute atomic E-state index is 11.1. The summed E-state index contributed by atoms with van der Waals surface area (Å²) in [5, 5.41) is 2.88. The molecule has 2 rings (SSSR count). The second kappa shape index (κ2) is 4.18. The fraction of sp³-hybridized carbons (Fsp3) is 0.167. The molecule has 2 aromatic carbocycles. The second-order valence-corrected chi connectivity index (χ2v) is 3.61. The summed E-state index contributed by atoms with van der Waals surface area (Å²) in [7, 11) is 0. The van der Waals surface area contributed by atoms with Crippen molar-refractivity contribution < 1.29 is 0 Å². The molecule has 0 radical (unpaired) electrons. The van der Waals surface area contributed by atoms with Crippen LogP contribution >= 0.6 is 0 Å². The summed E-state index contributed by atoms with van der Waals surface area (Å²) in [5.41, 5.74) is 5.78. The first-order valence-corrected chi connectivity index (χ1v) is 5.06. The van der Waals surface area contributed by atoms with Crippen molar-refractivity contribution in [2.24, 2.45) is 0 Å². The Balaban J connectivity index is 1.91. The van der Waals surface area contributed by atoms with Gasteiger partial charge >= 0.3 is 0 Å². The zero-order chi connectivity index (χ0) is 11.5. The Morgan fingerprint density at radius 1 is 1.06 bits per heavy atom. The monoisotopic (exact) mass is 216 g/mol. The molecule has 3 N–H and O–H groups in total. The van der Waals surface area contributed by atoms with Crippen LogP contribution in [0.15, 0.2) is 39.9 Å². The fourth-order valence-corrected chi connectivity index (χ4v) is 1.56. The van der Waals surface area contributed by atoms with Crippen LogP contribution < -0.4 is 21.9 Å². The van der Waals surface area contributed by atoms with Gasteiger partial charge in [-0.05, 0) is 12.0 Å². The minimum Gasteiger partial charge on any atom is -0.394 e. The summed E-state index contributed by atoms with van der Waals surface area (Å²) >= 11 is 0. The van der Waals surface area contributed by atoms with Gasteiger partial charge in [-0.15, -0.1) is 0 Å². The van der Waals surface area contributed by atoms with E-state index in [1.54, 1.807) is 0 Å². The molecule has 0 amide bonds. The van der Waals surface area contributed by atoms with Crippen LogP contribution in [0.4, 0.5) is 11.4 Å². The Morgan fingerprint density at radius 3 is 2.38 bits per heavy atom. The second-order valence-electron chi connectivity index (χ2n) is 3.61. The third-order valence-electron chi connectivity index (χ3n) is 2.51. The van der Waals surface area contributed by atoms with Gasteiger partial charge in [0, 0.05) is 6.54 Å². The number of nitrogen functional groups attached to an aromatic ring is 1. The first kappa shape index (κ1) is 10.4. The van der Waals surface area contributed by atoms with E-state index in [1.807, 2.05) is 30.3 Å². The van der Waals surface area contributed by atoms with Crippen LogP contribution in [0.5, 0.6) is 0 Å². The normalized spacial score (nSPS) is 10.5. The molecule has 4 heteroatoms. The molecule has 0 bridgehead atoms. The van der Waals surface area contributed by atoms with Gasteiger partial charge in [-0.3, -0.25) is 9.59 Å². The summed E-state index contributed by atoms with van der Waals surface area (Å²) in [4.78, 5) is 21.9. The Hall–Kier alpha value is -2.10. The molecule has 0 saturated heterocycles. The third-order valence-corrected chi connectivity index (χ3v) is 2.51. The lowest BCUT2D eigenvalue weighted by Crippen LogP contribution is -2.37. The van der Waals surface area contributed by atoms with E-state index in [4.69, 9.17) is 5.73 Å². The summed E-state index contributed by atoms with van der Waals surface area (Å²) < 4.78 is 0. The molecule has 2 aromatic rings. The molecule has 0 aliphatic rings. The molecule has 0 atom stereocenters. The lowest BCUT2D eigenvalue weighted by Gasteiger charge is -2.09. The van der Waals surface area contributed by atoms with Gasteiger partial charge in [-0.1, -0.05) is 30.3 Å². The van der Waals surface area contributed by atoms with Crippen molar-refractivity contribution in [3.05, 3.63) is 56.3 Å². The summed E-state index contributed by atoms with van der Waals surface area (Å²) in [5.74, 6) is 0. The van der Waals surface area contributed by atoms with Crippen molar-refractivity contribution in [1.82, 2.24) is 0 Å². The highest BCUT2D eigenvalue weighted by Crippen LogP contribution is 2.09. The number of benzene rings is 1. The Morgan fingerprint density at radius 2 is 1.75 bits per heavy atom. The fourth-order valence-electron chi connectivity index (χ4n) is 1.56. The zero-order valence-corrected chi connectivity index (χ0v) is 8.69. The number of nitrogens with one attached hydrogen (secondary N) is 1. The predicted molar refractivity (Wildman–Crippen MR) is 64.4 cm³/mol. The topological polar surface area (TPSA) is 72.2 Å². The van der Waals surface area contributed by atoms with Crippen LogP contribution in [0.1, 0.15) is 5.56 Å². The van der Waals surface area contributed by atoms with Crippen molar-refractivity contribution in [2.75, 3.05) is 17.6 Å². The van der Waals surface area contributed by atoms with Crippen LogP contribution in [0.3, 0.4) is 0 Å². The van der Waals surface area contributed by atoms with Gasteiger partial charge in [-0.2, -0.15) is 0 Å². The summed E-state index contributed by atoms with van der Waals surface area (Å²) in [6.45, 7) is 0.596. The van der Waals surface area contributed by atoms with Crippen LogP contribution in [-0.4, -0.2) is 6.54 Å². The van der Waals surface area contributed by atoms with Crippen LogP contribution in [0.25, 0.3) is 0 Å². The molecule has 0 fully saturated rings. The summed E-state index contributed by atoms with van der Waals surface area (Å²) in [6.07, 6.45) is 0.791. The average molecular weight is 216 g/mol. The molecular weight excluding hydrogens is 204 g/mol. The molecule has 0 heterocycles. The first-order chi connectivity index (χ1) is 7.70. The minimum absolute atomic E-state index is 0.0538. The van der Waals surface area contributed by atoms with Crippen LogP contribution in [-0.2, 0) is 6.42 Å². The van der Waals surface area contributed by atoms with Gasteiger partial charge in [0.05, 0.1) is 0 Å². The smallest absolute Gasteiger partial charge is 0.253 e. The lowest BCUT2D eigenvalue weighted by atomic mass is 10.1. The van der Waals surface area contributed by atoms with E-state index in [9.17, 15) is 9.59 Å². The molecule has 4 nitrogen and oxygen atoms in total. The first-order valence-electron chi connectivity index (χ1n) is 5.06. The predicted octanol–water partition coefficient (Wildman–Crippen LogP) is 0.519. The molecule has 0 spiro atoms. The molecule has 0 unspecified atom stereocenters.